The number of ether oxygens (including phenoxy) is 2. The summed E-state index contributed by atoms with van der Waals surface area (Å²) in [6, 6.07) is 20.2. The number of nitrogens with one attached hydrogen (secondary N) is 1. The molecule has 3 rings (SSSR count). The van der Waals surface area contributed by atoms with Gasteiger partial charge < -0.3 is 14.8 Å². The lowest BCUT2D eigenvalue weighted by Crippen LogP contribution is -2.62. The van der Waals surface area contributed by atoms with Gasteiger partial charge in [-0.15, -0.1) is 0 Å². The van der Waals surface area contributed by atoms with Crippen molar-refractivity contribution >= 4 is 11.8 Å². The summed E-state index contributed by atoms with van der Waals surface area (Å²) < 4.78 is 12.1. The number of piperidine rings is 1. The average Bonchev–Trinajstić information content (AvgIpc) is 2.75. The third-order valence-electron chi connectivity index (χ3n) is 5.57. The van der Waals surface area contributed by atoms with Crippen molar-refractivity contribution in [3.8, 4) is 0 Å². The second-order valence-corrected chi connectivity index (χ2v) is 8.01. The fourth-order valence-electron chi connectivity index (χ4n) is 3.73. The number of likely N-dealkylation sites (N-methyl/N-ethyl adjacent to an activating group) is 1. The zero-order chi connectivity index (χ0) is 20.5. The molecule has 29 heavy (non-hydrogen) atoms. The summed E-state index contributed by atoms with van der Waals surface area (Å²) in [4.78, 5) is 12.9. The molecule has 1 saturated heterocycles. The lowest BCUT2D eigenvalue weighted by Gasteiger charge is -2.42. The molecule has 5 heteroatoms. The van der Waals surface area contributed by atoms with E-state index in [4.69, 9.17) is 9.47 Å². The van der Waals surface area contributed by atoms with E-state index in [9.17, 15) is 4.79 Å². The molecule has 1 fully saturated rings. The van der Waals surface area contributed by atoms with Crippen LogP contribution in [0.15, 0.2) is 60.7 Å². The predicted molar refractivity (Wildman–Crippen MR) is 116 cm³/mol. The second-order valence-electron chi connectivity index (χ2n) is 8.01. The molecular weight excluding hydrogens is 364 g/mol. The van der Waals surface area contributed by atoms with E-state index in [0.29, 0.717) is 19.8 Å². The van der Waals surface area contributed by atoms with E-state index >= 15 is 0 Å². The molecule has 1 N–H and O–H groups in total. The van der Waals surface area contributed by atoms with Gasteiger partial charge in [0.05, 0.1) is 19.6 Å². The number of hydrogen-bond donors (Lipinski definition) is 1. The molecule has 1 amide bonds. The standard InChI is InChI=1S/C24H33N2O3/c1-3-4-17-28-23-18-26(2,24(27)29-19-20-11-7-5-8-12-20)16-15-22(23)25-21-13-9-6-10-14-21/h5-14,22-23,25H,3-4,15-19H2,1-2H3/q+1. The van der Waals surface area contributed by atoms with Gasteiger partial charge in [0.2, 0.25) is 0 Å². The number of carbonyl (C=O) groups excluding carboxylic acids is 1. The van der Waals surface area contributed by atoms with Gasteiger partial charge in [0.25, 0.3) is 0 Å². The Labute approximate surface area is 174 Å². The first-order valence-electron chi connectivity index (χ1n) is 10.6. The topological polar surface area (TPSA) is 47.6 Å². The molecule has 3 unspecified atom stereocenters. The van der Waals surface area contributed by atoms with Crippen molar-refractivity contribution < 1.29 is 18.8 Å². The number of nitrogens with zero attached hydrogens (tertiary/aromatic N) is 1. The number of para-hydroxylation sites is 1. The van der Waals surface area contributed by atoms with Crippen LogP contribution in [0.5, 0.6) is 0 Å². The molecule has 0 saturated carbocycles. The molecule has 3 atom stereocenters. The van der Waals surface area contributed by atoms with Crippen molar-refractivity contribution in [2.24, 2.45) is 0 Å². The number of likely N-dealkylation sites (tertiary alicyclic amines) is 1. The SMILES string of the molecule is CCCCOC1C[N+](C)(C(=O)OCc2ccccc2)CCC1Nc1ccccc1. The minimum Gasteiger partial charge on any atom is -0.415 e. The summed E-state index contributed by atoms with van der Waals surface area (Å²) >= 11 is 0. The maximum Gasteiger partial charge on any atom is 0.516 e. The van der Waals surface area contributed by atoms with Crippen molar-refractivity contribution in [2.45, 2.75) is 44.9 Å². The van der Waals surface area contributed by atoms with Crippen LogP contribution in [0, 0.1) is 0 Å². The normalized spacial score (nSPS) is 24.1. The molecule has 5 nitrogen and oxygen atoms in total. The van der Waals surface area contributed by atoms with Crippen LogP contribution in [0.3, 0.4) is 0 Å². The van der Waals surface area contributed by atoms with Gasteiger partial charge in [-0.3, -0.25) is 0 Å². The van der Waals surface area contributed by atoms with Crippen LogP contribution in [0.25, 0.3) is 0 Å². The van der Waals surface area contributed by atoms with Crippen LogP contribution in [0.4, 0.5) is 10.5 Å². The monoisotopic (exact) mass is 397 g/mol. The highest BCUT2D eigenvalue weighted by Gasteiger charge is 2.44. The van der Waals surface area contributed by atoms with E-state index in [0.717, 1.165) is 37.1 Å². The quantitative estimate of drug-likeness (QED) is 0.511. The van der Waals surface area contributed by atoms with Crippen molar-refractivity contribution in [3.63, 3.8) is 0 Å². The molecule has 2 aromatic rings. The second kappa shape index (κ2) is 10.4. The lowest BCUT2D eigenvalue weighted by molar-refractivity contribution is -0.847. The van der Waals surface area contributed by atoms with Gasteiger partial charge in [-0.25, -0.2) is 4.48 Å². The van der Waals surface area contributed by atoms with Gasteiger partial charge in [0.15, 0.2) is 0 Å². The first kappa shape index (κ1) is 21.3. The maximum absolute atomic E-state index is 12.9. The molecule has 0 bridgehead atoms. The van der Waals surface area contributed by atoms with E-state index < -0.39 is 0 Å². The van der Waals surface area contributed by atoms with Crippen LogP contribution in [-0.4, -0.2) is 49.5 Å². The summed E-state index contributed by atoms with van der Waals surface area (Å²) in [6.07, 6.45) is 2.74. The summed E-state index contributed by atoms with van der Waals surface area (Å²) in [5, 5.41) is 3.61. The largest absolute Gasteiger partial charge is 0.516 e. The van der Waals surface area contributed by atoms with Crippen LogP contribution < -0.4 is 5.32 Å². The number of unbranched alkanes of at least 4 members (excludes halogenated alkanes) is 1. The van der Waals surface area contributed by atoms with E-state index in [1.54, 1.807) is 0 Å². The molecule has 1 heterocycles. The molecular formula is C24H33N2O3+. The molecule has 1 aliphatic rings. The molecule has 1 aliphatic heterocycles. The first-order chi connectivity index (χ1) is 14.1. The fraction of sp³-hybridized carbons (Fsp3) is 0.458. The van der Waals surface area contributed by atoms with Crippen molar-refractivity contribution in [2.75, 3.05) is 32.1 Å². The summed E-state index contributed by atoms with van der Waals surface area (Å²) in [5.74, 6) is 0. The minimum atomic E-state index is -0.184. The van der Waals surface area contributed by atoms with Crippen LogP contribution in [0.1, 0.15) is 31.7 Å². The Morgan fingerprint density at radius 3 is 2.48 bits per heavy atom. The number of anilines is 1. The van der Waals surface area contributed by atoms with Gasteiger partial charge in [0, 0.05) is 18.7 Å². The zero-order valence-corrected chi connectivity index (χ0v) is 17.5. The lowest BCUT2D eigenvalue weighted by atomic mass is 9.99. The fourth-order valence-corrected chi connectivity index (χ4v) is 3.73. The van der Waals surface area contributed by atoms with E-state index in [2.05, 4.69) is 24.4 Å². The number of rotatable bonds is 8. The number of hydrogen-bond acceptors (Lipinski definition) is 4. The number of benzene rings is 2. The Kier molecular flexibility index (Phi) is 7.67. The van der Waals surface area contributed by atoms with E-state index in [1.165, 1.54) is 0 Å². The highest BCUT2D eigenvalue weighted by atomic mass is 16.6. The minimum absolute atomic E-state index is 0.0372. The molecule has 0 aromatic heterocycles. The van der Waals surface area contributed by atoms with Crippen LogP contribution >= 0.6 is 0 Å². The summed E-state index contributed by atoms with van der Waals surface area (Å²) in [7, 11) is 1.96. The molecule has 0 radical (unpaired) electrons. The van der Waals surface area contributed by atoms with E-state index in [-0.39, 0.29) is 22.7 Å². The highest BCUT2D eigenvalue weighted by Crippen LogP contribution is 2.25. The third kappa shape index (κ3) is 6.05. The Morgan fingerprint density at radius 1 is 1.10 bits per heavy atom. The van der Waals surface area contributed by atoms with Crippen LogP contribution in [0.2, 0.25) is 0 Å². The number of carbonyl (C=O) groups is 1. The van der Waals surface area contributed by atoms with Crippen molar-refractivity contribution in [1.82, 2.24) is 0 Å². The van der Waals surface area contributed by atoms with Crippen molar-refractivity contribution in [1.29, 1.82) is 0 Å². The smallest absolute Gasteiger partial charge is 0.415 e. The summed E-state index contributed by atoms with van der Waals surface area (Å²) in [6.45, 7) is 4.52. The molecule has 156 valence electrons. The van der Waals surface area contributed by atoms with Gasteiger partial charge >= 0.3 is 6.09 Å². The Morgan fingerprint density at radius 2 is 1.79 bits per heavy atom. The van der Waals surface area contributed by atoms with Gasteiger partial charge in [-0.05, 0) is 24.1 Å². The van der Waals surface area contributed by atoms with Crippen LogP contribution in [-0.2, 0) is 16.1 Å². The molecule has 2 aromatic carbocycles. The maximum atomic E-state index is 12.9. The molecule has 0 aliphatic carbocycles. The Hall–Kier alpha value is -2.37. The number of quaternary nitrogens is 1. The van der Waals surface area contributed by atoms with Gasteiger partial charge in [-0.2, -0.15) is 4.79 Å². The van der Waals surface area contributed by atoms with E-state index in [1.807, 2.05) is 55.6 Å². The Balaban J connectivity index is 1.63. The number of amides is 1. The first-order valence-corrected chi connectivity index (χ1v) is 10.6. The van der Waals surface area contributed by atoms with Gasteiger partial charge in [-0.1, -0.05) is 61.9 Å². The summed E-state index contributed by atoms with van der Waals surface area (Å²) in [5.41, 5.74) is 2.09. The Bertz CT molecular complexity index is 753. The average molecular weight is 398 g/mol. The predicted octanol–water partition coefficient (Wildman–Crippen LogP) is 4.84. The third-order valence-corrected chi connectivity index (χ3v) is 5.57. The zero-order valence-electron chi connectivity index (χ0n) is 17.5. The van der Waals surface area contributed by atoms with Gasteiger partial charge in [0.1, 0.15) is 19.3 Å². The molecule has 0 spiro atoms. The highest BCUT2D eigenvalue weighted by molar-refractivity contribution is 5.59. The van der Waals surface area contributed by atoms with Crippen molar-refractivity contribution in [3.05, 3.63) is 66.2 Å².